The van der Waals surface area contributed by atoms with Crippen molar-refractivity contribution in [1.29, 1.82) is 5.26 Å². The van der Waals surface area contributed by atoms with E-state index in [1.807, 2.05) is 6.07 Å². The molecule has 7 heteroatoms. The van der Waals surface area contributed by atoms with Gasteiger partial charge in [0.05, 0.1) is 11.0 Å². The third kappa shape index (κ3) is 2.00. The number of hydrogen-bond donors (Lipinski definition) is 1. The van der Waals surface area contributed by atoms with Crippen LogP contribution in [0.15, 0.2) is 18.2 Å². The third-order valence-corrected chi connectivity index (χ3v) is 2.80. The fraction of sp³-hybridized carbons (Fsp3) is 0.273. The van der Waals surface area contributed by atoms with Crippen molar-refractivity contribution >= 4 is 17.3 Å². The highest BCUT2D eigenvalue weighted by molar-refractivity contribution is 5.99. The van der Waals surface area contributed by atoms with Crippen molar-refractivity contribution in [2.45, 2.75) is 12.8 Å². The molecule has 0 heterocycles. The maximum absolute atomic E-state index is 13.3. The zero-order valence-corrected chi connectivity index (χ0v) is 9.14. The molecule has 1 N–H and O–H groups in total. The van der Waals surface area contributed by atoms with Gasteiger partial charge in [0, 0.05) is 17.8 Å². The lowest BCUT2D eigenvalue weighted by atomic mass is 10.1. The Labute approximate surface area is 101 Å². The zero-order valence-electron chi connectivity index (χ0n) is 9.14. The second-order valence-electron chi connectivity index (χ2n) is 4.07. The highest BCUT2D eigenvalue weighted by Crippen LogP contribution is 2.45. The van der Waals surface area contributed by atoms with Crippen LogP contribution in [0.5, 0.6) is 0 Å². The summed E-state index contributed by atoms with van der Waals surface area (Å²) < 4.78 is 13.3. The van der Waals surface area contributed by atoms with Crippen molar-refractivity contribution < 1.29 is 14.1 Å². The first-order valence-corrected chi connectivity index (χ1v) is 5.15. The summed E-state index contributed by atoms with van der Waals surface area (Å²) in [4.78, 5) is 21.2. The van der Waals surface area contributed by atoms with Crippen LogP contribution in [0.2, 0.25) is 0 Å². The van der Waals surface area contributed by atoms with Crippen molar-refractivity contribution in [1.82, 2.24) is 0 Å². The van der Waals surface area contributed by atoms with E-state index in [0.29, 0.717) is 12.8 Å². The fourth-order valence-corrected chi connectivity index (χ4v) is 1.50. The number of nitriles is 1. The number of benzene rings is 1. The molecule has 0 spiro atoms. The average Bonchev–Trinajstić information content (AvgIpc) is 3.09. The minimum absolute atomic E-state index is 0.102. The number of nitrogens with one attached hydrogen (secondary N) is 1. The Bertz CT molecular complexity index is 575. The monoisotopic (exact) mass is 249 g/mol. The van der Waals surface area contributed by atoms with Gasteiger partial charge in [0.15, 0.2) is 0 Å². The smallest absolute Gasteiger partial charge is 0.304 e. The average molecular weight is 249 g/mol. The molecular weight excluding hydrogens is 241 g/mol. The second kappa shape index (κ2) is 4.07. The lowest BCUT2D eigenvalue weighted by molar-refractivity contribution is -0.387. The van der Waals surface area contributed by atoms with Gasteiger partial charge in [0.1, 0.15) is 5.41 Å². The number of rotatable bonds is 3. The standard InChI is InChI=1S/C11H8FN3O3/c12-8-5-7(1-2-9(8)15(17)18)14-10(16)11(6-13)3-4-11/h1-2,5H,3-4H2,(H,14,16). The van der Waals surface area contributed by atoms with Crippen LogP contribution >= 0.6 is 0 Å². The number of anilines is 1. The van der Waals surface area contributed by atoms with Gasteiger partial charge in [-0.15, -0.1) is 0 Å². The molecule has 18 heavy (non-hydrogen) atoms. The van der Waals surface area contributed by atoms with E-state index >= 15 is 0 Å². The fourth-order valence-electron chi connectivity index (χ4n) is 1.50. The summed E-state index contributed by atoms with van der Waals surface area (Å²) in [7, 11) is 0. The van der Waals surface area contributed by atoms with Crippen LogP contribution in [-0.2, 0) is 4.79 Å². The molecule has 1 aliphatic carbocycles. The van der Waals surface area contributed by atoms with E-state index in [1.165, 1.54) is 6.07 Å². The summed E-state index contributed by atoms with van der Waals surface area (Å²) >= 11 is 0. The number of nitro benzene ring substituents is 1. The number of nitro groups is 1. The maximum atomic E-state index is 13.3. The van der Waals surface area contributed by atoms with E-state index in [1.54, 1.807) is 0 Å². The first-order chi connectivity index (χ1) is 8.48. The summed E-state index contributed by atoms with van der Waals surface area (Å²) in [5.74, 6) is -1.53. The molecule has 1 fully saturated rings. The number of amides is 1. The molecule has 1 saturated carbocycles. The lowest BCUT2D eigenvalue weighted by Gasteiger charge is -2.07. The Morgan fingerprint density at radius 3 is 2.67 bits per heavy atom. The predicted molar refractivity (Wildman–Crippen MR) is 59.0 cm³/mol. The molecule has 0 unspecified atom stereocenters. The largest absolute Gasteiger partial charge is 0.325 e. The molecule has 0 aromatic heterocycles. The molecule has 6 nitrogen and oxygen atoms in total. The number of halogens is 1. The normalized spacial score (nSPS) is 15.6. The van der Waals surface area contributed by atoms with Crippen molar-refractivity contribution in [3.63, 3.8) is 0 Å². The molecular formula is C11H8FN3O3. The zero-order chi connectivity index (χ0) is 13.3. The minimum atomic E-state index is -1.03. The topological polar surface area (TPSA) is 96.0 Å². The Morgan fingerprint density at radius 2 is 2.22 bits per heavy atom. The molecule has 0 radical (unpaired) electrons. The van der Waals surface area contributed by atoms with Gasteiger partial charge < -0.3 is 5.32 Å². The first-order valence-electron chi connectivity index (χ1n) is 5.15. The number of nitrogens with zero attached hydrogens (tertiary/aromatic N) is 2. The van der Waals surface area contributed by atoms with Crippen LogP contribution in [0, 0.1) is 32.7 Å². The maximum Gasteiger partial charge on any atom is 0.304 e. The Morgan fingerprint density at radius 1 is 1.56 bits per heavy atom. The second-order valence-corrected chi connectivity index (χ2v) is 4.07. The summed E-state index contributed by atoms with van der Waals surface area (Å²) in [6.07, 6.45) is 0.954. The van der Waals surface area contributed by atoms with Crippen LogP contribution in [0.3, 0.4) is 0 Å². The van der Waals surface area contributed by atoms with Crippen LogP contribution in [0.4, 0.5) is 15.8 Å². The molecule has 1 aromatic carbocycles. The first kappa shape index (κ1) is 12.0. The highest BCUT2D eigenvalue weighted by atomic mass is 19.1. The minimum Gasteiger partial charge on any atom is -0.325 e. The van der Waals surface area contributed by atoms with Crippen LogP contribution in [0.1, 0.15) is 12.8 Å². The number of hydrogen-bond acceptors (Lipinski definition) is 4. The molecule has 0 bridgehead atoms. The van der Waals surface area contributed by atoms with Crippen LogP contribution < -0.4 is 5.32 Å². The van der Waals surface area contributed by atoms with E-state index in [0.717, 1.165) is 12.1 Å². The van der Waals surface area contributed by atoms with Crippen LogP contribution in [0.25, 0.3) is 0 Å². The summed E-state index contributed by atoms with van der Waals surface area (Å²) in [5.41, 5.74) is -1.57. The van der Waals surface area contributed by atoms with Crippen molar-refractivity contribution in [3.05, 3.63) is 34.1 Å². The van der Waals surface area contributed by atoms with Crippen molar-refractivity contribution in [2.75, 3.05) is 5.32 Å². The molecule has 0 aliphatic heterocycles. The Hall–Kier alpha value is -2.49. The lowest BCUT2D eigenvalue weighted by Crippen LogP contribution is -2.22. The van der Waals surface area contributed by atoms with E-state index < -0.39 is 27.8 Å². The van der Waals surface area contributed by atoms with Gasteiger partial charge in [-0.25, -0.2) is 0 Å². The van der Waals surface area contributed by atoms with E-state index in [-0.39, 0.29) is 5.69 Å². The molecule has 1 aliphatic rings. The van der Waals surface area contributed by atoms with Crippen molar-refractivity contribution in [2.24, 2.45) is 5.41 Å². The molecule has 0 atom stereocenters. The number of carbonyl (C=O) groups is 1. The van der Waals surface area contributed by atoms with Crippen molar-refractivity contribution in [3.8, 4) is 6.07 Å². The van der Waals surface area contributed by atoms with Crippen LogP contribution in [-0.4, -0.2) is 10.8 Å². The molecule has 1 aromatic rings. The summed E-state index contributed by atoms with van der Waals surface area (Å²) in [6, 6.07) is 4.97. The van der Waals surface area contributed by atoms with E-state index in [4.69, 9.17) is 5.26 Å². The Balaban J connectivity index is 2.17. The van der Waals surface area contributed by atoms with Gasteiger partial charge in [-0.3, -0.25) is 14.9 Å². The number of carbonyl (C=O) groups excluding carboxylic acids is 1. The SMILES string of the molecule is N#CC1(C(=O)Nc2ccc([N+](=O)[O-])c(F)c2)CC1. The van der Waals surface area contributed by atoms with Gasteiger partial charge in [-0.05, 0) is 18.9 Å². The summed E-state index contributed by atoms with van der Waals surface area (Å²) in [5, 5.41) is 21.6. The highest BCUT2D eigenvalue weighted by Gasteiger charge is 2.50. The van der Waals surface area contributed by atoms with Gasteiger partial charge >= 0.3 is 5.69 Å². The molecule has 92 valence electrons. The molecule has 1 amide bonds. The van der Waals surface area contributed by atoms with Gasteiger partial charge in [0.25, 0.3) is 0 Å². The van der Waals surface area contributed by atoms with Gasteiger partial charge in [0.2, 0.25) is 11.7 Å². The van der Waals surface area contributed by atoms with Gasteiger partial charge in [-0.1, -0.05) is 0 Å². The Kier molecular flexibility index (Phi) is 2.71. The van der Waals surface area contributed by atoms with Gasteiger partial charge in [-0.2, -0.15) is 9.65 Å². The third-order valence-electron chi connectivity index (χ3n) is 2.80. The van der Waals surface area contributed by atoms with E-state index in [2.05, 4.69) is 5.32 Å². The predicted octanol–water partition coefficient (Wildman–Crippen LogP) is 1.98. The summed E-state index contributed by atoms with van der Waals surface area (Å²) in [6.45, 7) is 0. The quantitative estimate of drug-likeness (QED) is 0.654. The molecule has 2 rings (SSSR count). The van der Waals surface area contributed by atoms with E-state index in [9.17, 15) is 19.3 Å². The molecule has 0 saturated heterocycles.